The summed E-state index contributed by atoms with van der Waals surface area (Å²) in [5.74, 6) is -0.978. The van der Waals surface area contributed by atoms with Crippen molar-refractivity contribution in [3.63, 3.8) is 0 Å². The number of benzene rings is 2. The highest BCUT2D eigenvalue weighted by Gasteiger charge is 2.19. The van der Waals surface area contributed by atoms with E-state index < -0.39 is 34.3 Å². The Morgan fingerprint density at radius 3 is 2.52 bits per heavy atom. The first-order valence-electron chi connectivity index (χ1n) is 9.58. The number of hydrogen-bond donors (Lipinski definition) is 3. The van der Waals surface area contributed by atoms with Crippen LogP contribution in [0.2, 0.25) is 0 Å². The molecule has 0 atom stereocenters. The van der Waals surface area contributed by atoms with Crippen molar-refractivity contribution in [3.8, 4) is 17.2 Å². The molecule has 0 fully saturated rings. The standard InChI is InChI=1S/C21H18N2O8S2/c24-16-10-14(23-33(27,28)20-2-1-9-32-20)3-5-15(16)21(26)31-12-19(25)22-13-4-6-17-18(11-13)30-8-7-29-17/h1-6,9-11,23-24H,7-8,12H2,(H,22,25). The minimum atomic E-state index is -3.81. The number of esters is 1. The highest BCUT2D eigenvalue weighted by atomic mass is 32.2. The summed E-state index contributed by atoms with van der Waals surface area (Å²) in [4.78, 5) is 24.4. The largest absolute Gasteiger partial charge is 0.507 e. The van der Waals surface area contributed by atoms with Crippen LogP contribution >= 0.6 is 11.3 Å². The smallest absolute Gasteiger partial charge is 0.342 e. The van der Waals surface area contributed by atoms with E-state index in [4.69, 9.17) is 14.2 Å². The number of carbonyl (C=O) groups excluding carboxylic acids is 2. The van der Waals surface area contributed by atoms with E-state index in [2.05, 4.69) is 10.0 Å². The van der Waals surface area contributed by atoms with Gasteiger partial charge in [0.1, 0.15) is 28.7 Å². The number of rotatable bonds is 7. The lowest BCUT2D eigenvalue weighted by Crippen LogP contribution is -2.21. The van der Waals surface area contributed by atoms with Crippen LogP contribution in [-0.4, -0.2) is 45.2 Å². The van der Waals surface area contributed by atoms with Crippen LogP contribution in [-0.2, 0) is 19.6 Å². The predicted octanol–water partition coefficient (Wildman–Crippen LogP) is 2.82. The van der Waals surface area contributed by atoms with Gasteiger partial charge >= 0.3 is 5.97 Å². The van der Waals surface area contributed by atoms with Crippen LogP contribution in [0.1, 0.15) is 10.4 Å². The lowest BCUT2D eigenvalue weighted by atomic mass is 10.2. The maximum Gasteiger partial charge on any atom is 0.342 e. The fraction of sp³-hybridized carbons (Fsp3) is 0.143. The zero-order valence-corrected chi connectivity index (χ0v) is 18.6. The molecule has 3 aromatic rings. The molecule has 33 heavy (non-hydrogen) atoms. The van der Waals surface area contributed by atoms with Crippen LogP contribution in [0, 0.1) is 0 Å². The molecule has 0 bridgehead atoms. The number of anilines is 2. The lowest BCUT2D eigenvalue weighted by molar-refractivity contribution is -0.119. The van der Waals surface area contributed by atoms with E-state index in [1.165, 1.54) is 18.2 Å². The van der Waals surface area contributed by atoms with Crippen LogP contribution in [0.15, 0.2) is 58.1 Å². The van der Waals surface area contributed by atoms with Gasteiger partial charge in [0.25, 0.3) is 15.9 Å². The molecule has 10 nitrogen and oxygen atoms in total. The number of thiophene rings is 1. The van der Waals surface area contributed by atoms with Gasteiger partial charge in [-0.25, -0.2) is 13.2 Å². The molecule has 1 amide bonds. The van der Waals surface area contributed by atoms with Gasteiger partial charge in [-0.15, -0.1) is 11.3 Å². The third-order valence-corrected chi connectivity index (χ3v) is 7.17. The Morgan fingerprint density at radius 2 is 1.79 bits per heavy atom. The molecule has 172 valence electrons. The summed E-state index contributed by atoms with van der Waals surface area (Å²) in [5.41, 5.74) is 0.278. The molecule has 1 aliphatic heterocycles. The van der Waals surface area contributed by atoms with Gasteiger partial charge in [-0.1, -0.05) is 6.07 Å². The number of aromatic hydroxyl groups is 1. The highest BCUT2D eigenvalue weighted by Crippen LogP contribution is 2.32. The second kappa shape index (κ2) is 9.38. The van der Waals surface area contributed by atoms with Gasteiger partial charge in [-0.3, -0.25) is 9.52 Å². The third-order valence-electron chi connectivity index (χ3n) is 4.39. The first-order chi connectivity index (χ1) is 15.8. The molecule has 0 aliphatic carbocycles. The van der Waals surface area contributed by atoms with Crippen LogP contribution in [0.5, 0.6) is 17.2 Å². The Bertz CT molecular complexity index is 1290. The summed E-state index contributed by atoms with van der Waals surface area (Å²) in [6, 6.07) is 11.5. The summed E-state index contributed by atoms with van der Waals surface area (Å²) in [6.07, 6.45) is 0. The Labute approximate surface area is 192 Å². The first-order valence-corrected chi connectivity index (χ1v) is 11.9. The van der Waals surface area contributed by atoms with E-state index >= 15 is 0 Å². The van der Waals surface area contributed by atoms with Gasteiger partial charge in [0.15, 0.2) is 18.1 Å². The molecular formula is C21H18N2O8S2. The molecular weight excluding hydrogens is 472 g/mol. The van der Waals surface area contributed by atoms with E-state index in [1.54, 1.807) is 29.6 Å². The number of phenolic OH excluding ortho intramolecular Hbond substituents is 1. The molecule has 3 N–H and O–H groups in total. The molecule has 2 aromatic carbocycles. The number of carbonyl (C=O) groups is 2. The second-order valence-corrected chi connectivity index (χ2v) is 9.61. The van der Waals surface area contributed by atoms with E-state index in [9.17, 15) is 23.1 Å². The van der Waals surface area contributed by atoms with Gasteiger partial charge in [0.05, 0.1) is 5.69 Å². The predicted molar refractivity (Wildman–Crippen MR) is 120 cm³/mol. The number of fused-ring (bicyclic) bond motifs is 1. The van der Waals surface area contributed by atoms with E-state index in [0.29, 0.717) is 30.4 Å². The van der Waals surface area contributed by atoms with Gasteiger partial charge < -0.3 is 24.6 Å². The SMILES string of the molecule is O=C(COC(=O)c1ccc(NS(=O)(=O)c2cccs2)cc1O)Nc1ccc2c(c1)OCCO2. The van der Waals surface area contributed by atoms with Crippen molar-refractivity contribution >= 4 is 44.6 Å². The molecule has 0 saturated heterocycles. The maximum atomic E-state index is 12.3. The second-order valence-electron chi connectivity index (χ2n) is 6.75. The van der Waals surface area contributed by atoms with Crippen LogP contribution in [0.4, 0.5) is 11.4 Å². The number of phenols is 1. The summed E-state index contributed by atoms with van der Waals surface area (Å²) < 4.78 is 42.8. The highest BCUT2D eigenvalue weighted by molar-refractivity contribution is 7.94. The topological polar surface area (TPSA) is 140 Å². The van der Waals surface area contributed by atoms with Gasteiger partial charge in [0.2, 0.25) is 0 Å². The Kier molecular flexibility index (Phi) is 6.38. The van der Waals surface area contributed by atoms with Crippen molar-refractivity contribution in [2.75, 3.05) is 29.9 Å². The normalized spacial score (nSPS) is 12.6. The van der Waals surface area contributed by atoms with Crippen LogP contribution < -0.4 is 19.5 Å². The fourth-order valence-corrected chi connectivity index (χ4v) is 4.96. The monoisotopic (exact) mass is 490 g/mol. The molecule has 4 rings (SSSR count). The maximum absolute atomic E-state index is 12.3. The molecule has 1 aliphatic rings. The molecule has 0 radical (unpaired) electrons. The van der Waals surface area contributed by atoms with Crippen molar-refractivity contribution in [1.82, 2.24) is 0 Å². The summed E-state index contributed by atoms with van der Waals surface area (Å²) in [7, 11) is -3.81. The molecule has 1 aromatic heterocycles. The Hall–Kier alpha value is -3.77. The van der Waals surface area contributed by atoms with Crippen LogP contribution in [0.3, 0.4) is 0 Å². The van der Waals surface area contributed by atoms with Crippen LogP contribution in [0.25, 0.3) is 0 Å². The number of sulfonamides is 1. The number of amides is 1. The van der Waals surface area contributed by atoms with E-state index in [-0.39, 0.29) is 15.5 Å². The summed E-state index contributed by atoms with van der Waals surface area (Å²) >= 11 is 1.04. The fourth-order valence-electron chi connectivity index (χ4n) is 2.92. The molecule has 0 spiro atoms. The molecule has 12 heteroatoms. The quantitative estimate of drug-likeness (QED) is 0.430. The molecule has 2 heterocycles. The van der Waals surface area contributed by atoms with Crippen molar-refractivity contribution in [2.24, 2.45) is 0 Å². The van der Waals surface area contributed by atoms with Gasteiger partial charge in [-0.05, 0) is 35.7 Å². The van der Waals surface area contributed by atoms with Crippen molar-refractivity contribution < 1.29 is 37.3 Å². The number of hydrogen-bond acceptors (Lipinski definition) is 9. The minimum absolute atomic E-state index is 0.0637. The third kappa shape index (κ3) is 5.35. The first kappa shape index (κ1) is 22.4. The van der Waals surface area contributed by atoms with E-state index in [0.717, 1.165) is 17.4 Å². The van der Waals surface area contributed by atoms with Crippen molar-refractivity contribution in [3.05, 3.63) is 59.5 Å². The Morgan fingerprint density at radius 1 is 1.03 bits per heavy atom. The Balaban J connectivity index is 1.34. The van der Waals surface area contributed by atoms with Crippen molar-refractivity contribution in [2.45, 2.75) is 4.21 Å². The van der Waals surface area contributed by atoms with Gasteiger partial charge in [0, 0.05) is 17.8 Å². The summed E-state index contributed by atoms with van der Waals surface area (Å²) in [5, 5.41) is 14.3. The lowest BCUT2D eigenvalue weighted by Gasteiger charge is -2.19. The average molecular weight is 491 g/mol. The van der Waals surface area contributed by atoms with Crippen molar-refractivity contribution in [1.29, 1.82) is 0 Å². The summed E-state index contributed by atoms with van der Waals surface area (Å²) in [6.45, 7) is 0.252. The minimum Gasteiger partial charge on any atom is -0.507 e. The molecule has 0 saturated carbocycles. The molecule has 0 unspecified atom stereocenters. The average Bonchev–Trinajstić information content (AvgIpc) is 3.33. The zero-order valence-electron chi connectivity index (χ0n) is 16.9. The number of nitrogens with one attached hydrogen (secondary N) is 2. The van der Waals surface area contributed by atoms with E-state index in [1.807, 2.05) is 0 Å². The van der Waals surface area contributed by atoms with Gasteiger partial charge in [-0.2, -0.15) is 0 Å². The number of ether oxygens (including phenoxy) is 3. The zero-order chi connectivity index (χ0) is 23.4.